The summed E-state index contributed by atoms with van der Waals surface area (Å²) in [5.41, 5.74) is 2.97. The number of benzene rings is 2. The minimum Gasteiger partial charge on any atom is -0.361 e. The van der Waals surface area contributed by atoms with Crippen molar-refractivity contribution < 1.29 is 9.32 Å². The first kappa shape index (κ1) is 17.4. The largest absolute Gasteiger partial charge is 0.361 e. The maximum atomic E-state index is 12.4. The Bertz CT molecular complexity index is 908. The summed E-state index contributed by atoms with van der Waals surface area (Å²) in [7, 11) is 1.77. The molecule has 1 aromatic heterocycles. The molecule has 0 spiro atoms. The van der Waals surface area contributed by atoms with Gasteiger partial charge in [-0.1, -0.05) is 35.5 Å². The van der Waals surface area contributed by atoms with Crippen LogP contribution < -0.4 is 0 Å². The molecule has 0 fully saturated rings. The van der Waals surface area contributed by atoms with E-state index in [1.807, 2.05) is 42.5 Å². The zero-order chi connectivity index (χ0) is 18.4. The molecule has 0 saturated carbocycles. The number of nitriles is 1. The molecular weight excluding hydrogens is 326 g/mol. The molecule has 0 radical (unpaired) electrons. The maximum Gasteiger partial charge on any atom is 0.253 e. The summed E-state index contributed by atoms with van der Waals surface area (Å²) in [5.74, 6) is 0.750. The lowest BCUT2D eigenvalue weighted by molar-refractivity contribution is 0.0793. The normalized spacial score (nSPS) is 10.3. The predicted octanol–water partition coefficient (Wildman–Crippen LogP) is 3.92. The molecule has 1 heterocycles. The quantitative estimate of drug-likeness (QED) is 0.679. The van der Waals surface area contributed by atoms with E-state index in [2.05, 4.69) is 5.16 Å². The summed E-state index contributed by atoms with van der Waals surface area (Å²) in [6, 6.07) is 20.5. The predicted molar refractivity (Wildman–Crippen MR) is 98.4 cm³/mol. The second-order valence-corrected chi connectivity index (χ2v) is 6.06. The number of carbonyl (C=O) groups excluding carboxylic acids is 1. The Hall–Kier alpha value is -3.39. The third kappa shape index (κ3) is 4.17. The zero-order valence-corrected chi connectivity index (χ0v) is 14.6. The molecule has 3 aromatic rings. The second-order valence-electron chi connectivity index (χ2n) is 6.06. The second kappa shape index (κ2) is 8.13. The number of carbonyl (C=O) groups is 1. The SMILES string of the molecule is CN(CCCc1cc(-c2ccccc2)no1)C(=O)c1ccc(C#N)cc1. The van der Waals surface area contributed by atoms with Crippen LogP contribution in [-0.2, 0) is 6.42 Å². The Balaban J connectivity index is 1.52. The minimum atomic E-state index is -0.0583. The first-order valence-electron chi connectivity index (χ1n) is 8.44. The van der Waals surface area contributed by atoms with Crippen molar-refractivity contribution in [1.82, 2.24) is 10.1 Å². The van der Waals surface area contributed by atoms with Gasteiger partial charge in [0.05, 0.1) is 11.6 Å². The molecule has 0 aliphatic rings. The third-order valence-electron chi connectivity index (χ3n) is 4.15. The van der Waals surface area contributed by atoms with Crippen molar-refractivity contribution in [2.75, 3.05) is 13.6 Å². The zero-order valence-electron chi connectivity index (χ0n) is 14.6. The van der Waals surface area contributed by atoms with Crippen LogP contribution in [0.5, 0.6) is 0 Å². The number of rotatable bonds is 6. The van der Waals surface area contributed by atoms with Gasteiger partial charge in [0, 0.05) is 37.2 Å². The number of aromatic nitrogens is 1. The van der Waals surface area contributed by atoms with E-state index in [9.17, 15) is 4.79 Å². The van der Waals surface area contributed by atoms with Crippen molar-refractivity contribution >= 4 is 5.91 Å². The van der Waals surface area contributed by atoms with Crippen LogP contribution in [0.3, 0.4) is 0 Å². The molecule has 0 aliphatic carbocycles. The Morgan fingerprint density at radius 1 is 1.15 bits per heavy atom. The summed E-state index contributed by atoms with van der Waals surface area (Å²) < 4.78 is 5.39. The van der Waals surface area contributed by atoms with Crippen molar-refractivity contribution in [3.63, 3.8) is 0 Å². The van der Waals surface area contributed by atoms with Crippen LogP contribution in [0, 0.1) is 11.3 Å². The van der Waals surface area contributed by atoms with Gasteiger partial charge in [0.1, 0.15) is 11.5 Å². The lowest BCUT2D eigenvalue weighted by Gasteiger charge is -2.16. The van der Waals surface area contributed by atoms with Crippen LogP contribution in [0.15, 0.2) is 65.2 Å². The highest BCUT2D eigenvalue weighted by Crippen LogP contribution is 2.19. The molecule has 26 heavy (non-hydrogen) atoms. The van der Waals surface area contributed by atoms with Gasteiger partial charge in [0.25, 0.3) is 5.91 Å². The summed E-state index contributed by atoms with van der Waals surface area (Å²) in [6.45, 7) is 0.611. The number of hydrogen-bond acceptors (Lipinski definition) is 4. The highest BCUT2D eigenvalue weighted by Gasteiger charge is 2.12. The van der Waals surface area contributed by atoms with E-state index in [1.54, 1.807) is 36.2 Å². The summed E-state index contributed by atoms with van der Waals surface area (Å²) in [4.78, 5) is 14.1. The molecular formula is C21H19N3O2. The Kier molecular flexibility index (Phi) is 5.45. The van der Waals surface area contributed by atoms with Gasteiger partial charge in [-0.05, 0) is 30.7 Å². The minimum absolute atomic E-state index is 0.0583. The van der Waals surface area contributed by atoms with E-state index in [-0.39, 0.29) is 5.91 Å². The van der Waals surface area contributed by atoms with Crippen molar-refractivity contribution in [2.24, 2.45) is 0 Å². The highest BCUT2D eigenvalue weighted by molar-refractivity contribution is 5.94. The molecule has 0 unspecified atom stereocenters. The van der Waals surface area contributed by atoms with Crippen molar-refractivity contribution in [3.8, 4) is 17.3 Å². The number of aryl methyl sites for hydroxylation is 1. The standard InChI is InChI=1S/C21H19N3O2/c1-24(21(25)18-11-9-16(15-22)10-12-18)13-5-8-19-14-20(23-26-19)17-6-3-2-4-7-17/h2-4,6-7,9-12,14H,5,8,13H2,1H3. The lowest BCUT2D eigenvalue weighted by atomic mass is 10.1. The molecule has 1 amide bonds. The monoisotopic (exact) mass is 345 g/mol. The molecule has 0 N–H and O–H groups in total. The number of hydrogen-bond donors (Lipinski definition) is 0. The summed E-state index contributed by atoms with van der Waals surface area (Å²) in [6.07, 6.45) is 1.49. The fourth-order valence-corrected chi connectivity index (χ4v) is 2.68. The van der Waals surface area contributed by atoms with Gasteiger partial charge in [0.2, 0.25) is 0 Å². The van der Waals surface area contributed by atoms with E-state index in [1.165, 1.54) is 0 Å². The van der Waals surface area contributed by atoms with Crippen LogP contribution in [0.1, 0.15) is 28.1 Å². The average Bonchev–Trinajstić information content (AvgIpc) is 3.17. The van der Waals surface area contributed by atoms with Gasteiger partial charge in [-0.2, -0.15) is 5.26 Å². The van der Waals surface area contributed by atoms with Crippen LogP contribution in [0.25, 0.3) is 11.3 Å². The van der Waals surface area contributed by atoms with Crippen LogP contribution >= 0.6 is 0 Å². The van der Waals surface area contributed by atoms with Crippen molar-refractivity contribution in [3.05, 3.63) is 77.6 Å². The molecule has 3 rings (SSSR count). The lowest BCUT2D eigenvalue weighted by Crippen LogP contribution is -2.28. The van der Waals surface area contributed by atoms with Crippen LogP contribution in [-0.4, -0.2) is 29.6 Å². The van der Waals surface area contributed by atoms with E-state index in [0.717, 1.165) is 23.4 Å². The topological polar surface area (TPSA) is 70.1 Å². The maximum absolute atomic E-state index is 12.4. The number of amides is 1. The first-order valence-corrected chi connectivity index (χ1v) is 8.44. The Labute approximate surface area is 152 Å². The highest BCUT2D eigenvalue weighted by atomic mass is 16.5. The van der Waals surface area contributed by atoms with Crippen LogP contribution in [0.4, 0.5) is 0 Å². The third-order valence-corrected chi connectivity index (χ3v) is 4.15. The first-order chi connectivity index (χ1) is 12.7. The fraction of sp³-hybridized carbons (Fsp3) is 0.190. The molecule has 130 valence electrons. The van der Waals surface area contributed by atoms with Gasteiger partial charge in [-0.3, -0.25) is 4.79 Å². The smallest absolute Gasteiger partial charge is 0.253 e. The van der Waals surface area contributed by atoms with E-state index in [4.69, 9.17) is 9.78 Å². The van der Waals surface area contributed by atoms with E-state index < -0.39 is 0 Å². The summed E-state index contributed by atoms with van der Waals surface area (Å²) >= 11 is 0. The van der Waals surface area contributed by atoms with Crippen molar-refractivity contribution in [1.29, 1.82) is 5.26 Å². The molecule has 5 nitrogen and oxygen atoms in total. The number of nitrogens with zero attached hydrogens (tertiary/aromatic N) is 3. The molecule has 0 saturated heterocycles. The molecule has 2 aromatic carbocycles. The van der Waals surface area contributed by atoms with Gasteiger partial charge >= 0.3 is 0 Å². The molecule has 0 aliphatic heterocycles. The molecule has 5 heteroatoms. The summed E-state index contributed by atoms with van der Waals surface area (Å²) in [5, 5.41) is 12.9. The van der Waals surface area contributed by atoms with Gasteiger partial charge in [-0.15, -0.1) is 0 Å². The Morgan fingerprint density at radius 3 is 2.58 bits per heavy atom. The van der Waals surface area contributed by atoms with E-state index in [0.29, 0.717) is 24.1 Å². The Morgan fingerprint density at radius 2 is 1.88 bits per heavy atom. The average molecular weight is 345 g/mol. The fourth-order valence-electron chi connectivity index (χ4n) is 2.68. The molecule has 0 atom stereocenters. The van der Waals surface area contributed by atoms with Gasteiger partial charge in [0.15, 0.2) is 0 Å². The van der Waals surface area contributed by atoms with Crippen LogP contribution in [0.2, 0.25) is 0 Å². The van der Waals surface area contributed by atoms with E-state index >= 15 is 0 Å². The van der Waals surface area contributed by atoms with Gasteiger partial charge in [-0.25, -0.2) is 0 Å². The van der Waals surface area contributed by atoms with Gasteiger partial charge < -0.3 is 9.42 Å². The van der Waals surface area contributed by atoms with Crippen molar-refractivity contribution in [2.45, 2.75) is 12.8 Å². The molecule has 0 bridgehead atoms.